The first-order valence-corrected chi connectivity index (χ1v) is 5.62. The van der Waals surface area contributed by atoms with Crippen molar-refractivity contribution in [2.75, 3.05) is 26.7 Å². The van der Waals surface area contributed by atoms with E-state index in [-0.39, 0.29) is 0 Å². The molecular formula is C11H24N2. The molecule has 0 saturated carbocycles. The molecule has 0 aromatic rings. The average Bonchev–Trinajstić information content (AvgIpc) is 2.16. The van der Waals surface area contributed by atoms with E-state index >= 15 is 0 Å². The average molecular weight is 184 g/mol. The van der Waals surface area contributed by atoms with Crippen LogP contribution in [0.4, 0.5) is 0 Å². The van der Waals surface area contributed by atoms with Crippen LogP contribution >= 0.6 is 0 Å². The lowest BCUT2D eigenvalue weighted by Gasteiger charge is -2.30. The number of hydrogen-bond donors (Lipinski definition) is 1. The summed E-state index contributed by atoms with van der Waals surface area (Å²) in [6.45, 7) is 8.53. The van der Waals surface area contributed by atoms with Gasteiger partial charge in [0.05, 0.1) is 0 Å². The molecule has 2 nitrogen and oxygen atoms in total. The molecule has 13 heavy (non-hydrogen) atoms. The minimum absolute atomic E-state index is 0.666. The predicted molar refractivity (Wildman–Crippen MR) is 58.0 cm³/mol. The molecule has 0 bridgehead atoms. The summed E-state index contributed by atoms with van der Waals surface area (Å²) in [5.41, 5.74) is 0. The van der Waals surface area contributed by atoms with Crippen LogP contribution < -0.4 is 5.32 Å². The predicted octanol–water partition coefficient (Wildman–Crippen LogP) is 1.72. The molecule has 1 atom stereocenters. The van der Waals surface area contributed by atoms with Crippen LogP contribution in [0.2, 0.25) is 0 Å². The molecule has 0 aliphatic carbocycles. The molecule has 1 aliphatic heterocycles. The van der Waals surface area contributed by atoms with Crippen LogP contribution in [0.1, 0.15) is 33.1 Å². The van der Waals surface area contributed by atoms with E-state index < -0.39 is 0 Å². The van der Waals surface area contributed by atoms with Crippen molar-refractivity contribution < 1.29 is 0 Å². The summed E-state index contributed by atoms with van der Waals surface area (Å²) in [4.78, 5) is 2.60. The van der Waals surface area contributed by atoms with Crippen LogP contribution in [-0.2, 0) is 0 Å². The van der Waals surface area contributed by atoms with E-state index in [0.29, 0.717) is 6.04 Å². The molecule has 78 valence electrons. The fourth-order valence-electron chi connectivity index (χ4n) is 1.81. The van der Waals surface area contributed by atoms with E-state index in [9.17, 15) is 0 Å². The number of piperidine rings is 1. The van der Waals surface area contributed by atoms with Gasteiger partial charge in [0.25, 0.3) is 0 Å². The third-order valence-corrected chi connectivity index (χ3v) is 3.25. The van der Waals surface area contributed by atoms with E-state index in [1.807, 2.05) is 7.05 Å². The molecule has 0 amide bonds. The minimum atomic E-state index is 0.666. The summed E-state index contributed by atoms with van der Waals surface area (Å²) >= 11 is 0. The van der Waals surface area contributed by atoms with Gasteiger partial charge in [-0.3, -0.25) is 0 Å². The van der Waals surface area contributed by atoms with Crippen LogP contribution in [0.15, 0.2) is 0 Å². The first kappa shape index (κ1) is 11.0. The maximum absolute atomic E-state index is 3.29. The van der Waals surface area contributed by atoms with Crippen molar-refractivity contribution in [2.24, 2.45) is 5.92 Å². The topological polar surface area (TPSA) is 15.3 Å². The number of nitrogens with zero attached hydrogens (tertiary/aromatic N) is 1. The zero-order chi connectivity index (χ0) is 9.68. The second-order valence-electron chi connectivity index (χ2n) is 4.50. The van der Waals surface area contributed by atoms with Crippen LogP contribution in [0, 0.1) is 5.92 Å². The Hall–Kier alpha value is -0.0800. The summed E-state index contributed by atoms with van der Waals surface area (Å²) in [7, 11) is 2.04. The van der Waals surface area contributed by atoms with Gasteiger partial charge in [0, 0.05) is 6.04 Å². The van der Waals surface area contributed by atoms with Gasteiger partial charge in [-0.25, -0.2) is 0 Å². The standard InChI is InChI=1S/C11H24N2/c1-10-4-7-13(8-5-10)9-6-11(2)12-3/h10-12H,4-9H2,1-3H3. The van der Waals surface area contributed by atoms with Gasteiger partial charge in [-0.2, -0.15) is 0 Å². The second kappa shape index (κ2) is 5.61. The molecule has 1 saturated heterocycles. The highest BCUT2D eigenvalue weighted by atomic mass is 15.1. The molecule has 1 N–H and O–H groups in total. The highest BCUT2D eigenvalue weighted by molar-refractivity contribution is 4.70. The number of hydrogen-bond acceptors (Lipinski definition) is 2. The summed E-state index contributed by atoms with van der Waals surface area (Å²) in [6.07, 6.45) is 4.08. The molecule has 0 spiro atoms. The monoisotopic (exact) mass is 184 g/mol. The van der Waals surface area contributed by atoms with E-state index in [1.54, 1.807) is 0 Å². The van der Waals surface area contributed by atoms with Gasteiger partial charge in [-0.1, -0.05) is 6.92 Å². The normalized spacial score (nSPS) is 23.3. The van der Waals surface area contributed by atoms with Gasteiger partial charge in [0.2, 0.25) is 0 Å². The molecule has 1 aliphatic rings. The largest absolute Gasteiger partial charge is 0.317 e. The first-order valence-electron chi connectivity index (χ1n) is 5.62. The van der Waals surface area contributed by atoms with Crippen molar-refractivity contribution >= 4 is 0 Å². The lowest BCUT2D eigenvalue weighted by atomic mass is 9.99. The van der Waals surface area contributed by atoms with Crippen LogP contribution in [-0.4, -0.2) is 37.6 Å². The Balaban J connectivity index is 2.08. The van der Waals surface area contributed by atoms with Crippen molar-refractivity contribution in [3.8, 4) is 0 Å². The van der Waals surface area contributed by atoms with Crippen molar-refractivity contribution in [3.05, 3.63) is 0 Å². The molecule has 1 heterocycles. The summed E-state index contributed by atoms with van der Waals surface area (Å²) in [6, 6.07) is 0.666. The second-order valence-corrected chi connectivity index (χ2v) is 4.50. The fraction of sp³-hybridized carbons (Fsp3) is 1.00. The maximum Gasteiger partial charge on any atom is 0.00479 e. The Labute approximate surface area is 82.7 Å². The highest BCUT2D eigenvalue weighted by Gasteiger charge is 2.15. The molecule has 1 unspecified atom stereocenters. The van der Waals surface area contributed by atoms with Crippen molar-refractivity contribution in [1.29, 1.82) is 0 Å². The summed E-state index contributed by atoms with van der Waals surface area (Å²) in [5, 5.41) is 3.29. The van der Waals surface area contributed by atoms with Gasteiger partial charge in [-0.15, -0.1) is 0 Å². The van der Waals surface area contributed by atoms with E-state index in [1.165, 1.54) is 38.9 Å². The molecule has 1 rings (SSSR count). The lowest BCUT2D eigenvalue weighted by Crippen LogP contribution is -2.36. The fourth-order valence-corrected chi connectivity index (χ4v) is 1.81. The molecule has 1 fully saturated rings. The number of rotatable bonds is 4. The molecule has 0 radical (unpaired) electrons. The van der Waals surface area contributed by atoms with Crippen molar-refractivity contribution in [2.45, 2.75) is 39.2 Å². The number of likely N-dealkylation sites (tertiary alicyclic amines) is 1. The van der Waals surface area contributed by atoms with Gasteiger partial charge < -0.3 is 10.2 Å². The zero-order valence-corrected chi connectivity index (χ0v) is 9.34. The first-order chi connectivity index (χ1) is 6.22. The van der Waals surface area contributed by atoms with Gasteiger partial charge in [0.1, 0.15) is 0 Å². The highest BCUT2D eigenvalue weighted by Crippen LogP contribution is 2.15. The van der Waals surface area contributed by atoms with E-state index in [2.05, 4.69) is 24.1 Å². The maximum atomic E-state index is 3.29. The molecule has 2 heteroatoms. The van der Waals surface area contributed by atoms with Crippen molar-refractivity contribution in [3.63, 3.8) is 0 Å². The van der Waals surface area contributed by atoms with E-state index in [0.717, 1.165) is 5.92 Å². The zero-order valence-electron chi connectivity index (χ0n) is 9.34. The smallest absolute Gasteiger partial charge is 0.00479 e. The molecule has 0 aromatic carbocycles. The minimum Gasteiger partial charge on any atom is -0.317 e. The van der Waals surface area contributed by atoms with Crippen molar-refractivity contribution in [1.82, 2.24) is 10.2 Å². The third-order valence-electron chi connectivity index (χ3n) is 3.25. The Morgan fingerprint density at radius 1 is 1.38 bits per heavy atom. The Morgan fingerprint density at radius 2 is 2.00 bits per heavy atom. The Morgan fingerprint density at radius 3 is 2.54 bits per heavy atom. The Bertz CT molecular complexity index is 128. The lowest BCUT2D eigenvalue weighted by molar-refractivity contribution is 0.186. The van der Waals surface area contributed by atoms with Gasteiger partial charge in [-0.05, 0) is 58.8 Å². The molecular weight excluding hydrogens is 160 g/mol. The SMILES string of the molecule is CNC(C)CCN1CCC(C)CC1. The Kier molecular flexibility index (Phi) is 4.74. The quantitative estimate of drug-likeness (QED) is 0.715. The van der Waals surface area contributed by atoms with Crippen LogP contribution in [0.3, 0.4) is 0 Å². The summed E-state index contributed by atoms with van der Waals surface area (Å²) in [5.74, 6) is 0.956. The third kappa shape index (κ3) is 4.10. The number of nitrogens with one attached hydrogen (secondary N) is 1. The van der Waals surface area contributed by atoms with Gasteiger partial charge in [0.15, 0.2) is 0 Å². The van der Waals surface area contributed by atoms with Crippen LogP contribution in [0.5, 0.6) is 0 Å². The summed E-state index contributed by atoms with van der Waals surface area (Å²) < 4.78 is 0. The van der Waals surface area contributed by atoms with E-state index in [4.69, 9.17) is 0 Å². The van der Waals surface area contributed by atoms with Gasteiger partial charge >= 0.3 is 0 Å². The van der Waals surface area contributed by atoms with Crippen LogP contribution in [0.25, 0.3) is 0 Å². The molecule has 0 aromatic heterocycles.